The van der Waals surface area contributed by atoms with Crippen molar-refractivity contribution in [3.8, 4) is 6.07 Å². The van der Waals surface area contributed by atoms with Gasteiger partial charge >= 0.3 is 0 Å². The number of hydrogen-bond donors (Lipinski definition) is 1. The summed E-state index contributed by atoms with van der Waals surface area (Å²) in [6.45, 7) is 6.11. The van der Waals surface area contributed by atoms with Crippen LogP contribution in [0.3, 0.4) is 0 Å². The minimum absolute atomic E-state index is 0.225. The first-order valence-electron chi connectivity index (χ1n) is 6.85. The molecule has 0 aliphatic heterocycles. The summed E-state index contributed by atoms with van der Waals surface area (Å²) in [5, 5.41) is 15.3. The van der Waals surface area contributed by atoms with Gasteiger partial charge in [0.25, 0.3) is 0 Å². The molecule has 0 radical (unpaired) electrons. The van der Waals surface area contributed by atoms with E-state index in [1.165, 1.54) is 0 Å². The third-order valence-electron chi connectivity index (χ3n) is 3.00. The van der Waals surface area contributed by atoms with E-state index in [1.807, 2.05) is 42.6 Å². The summed E-state index contributed by atoms with van der Waals surface area (Å²) in [4.78, 5) is 4.47. The summed E-state index contributed by atoms with van der Waals surface area (Å²) >= 11 is 3.26. The molecule has 1 atom stereocenters. The van der Waals surface area contributed by atoms with Gasteiger partial charge in [-0.25, -0.2) is 4.98 Å². The summed E-state index contributed by atoms with van der Waals surface area (Å²) in [5.41, 5.74) is 1.34. The highest BCUT2D eigenvalue weighted by Gasteiger charge is 2.33. The molecule has 2 aromatic rings. The van der Waals surface area contributed by atoms with Crippen LogP contribution in [0, 0.1) is 18.3 Å². The zero-order valence-electron chi connectivity index (χ0n) is 12.5. The first-order valence-corrected chi connectivity index (χ1v) is 8.71. The lowest BCUT2D eigenvalue weighted by atomic mass is 9.92. The molecule has 1 aromatic heterocycles. The predicted octanol–water partition coefficient (Wildman–Crippen LogP) is 3.96. The molecule has 0 bridgehead atoms. The second-order valence-corrected chi connectivity index (χ2v) is 7.31. The van der Waals surface area contributed by atoms with E-state index >= 15 is 0 Å². The molecular formula is C16H19N3S2. The van der Waals surface area contributed by atoms with Gasteiger partial charge in [0.05, 0.1) is 6.07 Å². The van der Waals surface area contributed by atoms with Crippen molar-refractivity contribution < 1.29 is 0 Å². The smallest absolute Gasteiger partial charge is 0.150 e. The number of nitrogens with one attached hydrogen (secondary N) is 1. The van der Waals surface area contributed by atoms with Gasteiger partial charge in [0, 0.05) is 22.9 Å². The van der Waals surface area contributed by atoms with E-state index in [1.54, 1.807) is 23.1 Å². The van der Waals surface area contributed by atoms with Gasteiger partial charge in [0.15, 0.2) is 0 Å². The predicted molar refractivity (Wildman–Crippen MR) is 89.6 cm³/mol. The molecule has 0 aliphatic carbocycles. The topological polar surface area (TPSA) is 48.7 Å². The number of nitriles is 1. The molecule has 0 spiro atoms. The number of nitrogens with zero attached hydrogens (tertiary/aromatic N) is 2. The van der Waals surface area contributed by atoms with E-state index in [2.05, 4.69) is 30.2 Å². The molecule has 1 unspecified atom stereocenters. The quantitative estimate of drug-likeness (QED) is 0.819. The minimum Gasteiger partial charge on any atom is -0.293 e. The monoisotopic (exact) mass is 317 g/mol. The second kappa shape index (κ2) is 7.08. The summed E-state index contributed by atoms with van der Waals surface area (Å²) in [7, 11) is 0. The number of aromatic nitrogens is 1. The molecule has 3 nitrogen and oxygen atoms in total. The first kappa shape index (κ1) is 16.0. The van der Waals surface area contributed by atoms with Crippen LogP contribution >= 0.6 is 23.1 Å². The Balaban J connectivity index is 2.25. The Morgan fingerprint density at radius 2 is 2.10 bits per heavy atom. The standard InChI is InChI=1S/C16H19N3S2/c1-12(2)19-16(10-17,14-7-5-4-6-8-14)11-21-15-18-13(3)9-20-15/h4-9,12,19H,11H2,1-3H3. The Kier molecular flexibility index (Phi) is 5.40. The molecule has 0 saturated carbocycles. The van der Waals surface area contributed by atoms with E-state index in [4.69, 9.17) is 0 Å². The normalized spacial score (nSPS) is 13.9. The van der Waals surface area contributed by atoms with Crippen molar-refractivity contribution in [2.75, 3.05) is 5.75 Å². The van der Waals surface area contributed by atoms with Gasteiger partial charge in [-0.1, -0.05) is 42.1 Å². The lowest BCUT2D eigenvalue weighted by molar-refractivity contribution is 0.425. The fraction of sp³-hybridized carbons (Fsp3) is 0.375. The molecule has 21 heavy (non-hydrogen) atoms. The van der Waals surface area contributed by atoms with E-state index < -0.39 is 5.54 Å². The fourth-order valence-corrected chi connectivity index (χ4v) is 4.10. The van der Waals surface area contributed by atoms with Gasteiger partial charge in [0.1, 0.15) is 9.88 Å². The Bertz CT molecular complexity index is 616. The zero-order valence-corrected chi connectivity index (χ0v) is 14.1. The van der Waals surface area contributed by atoms with Crippen molar-refractivity contribution in [1.29, 1.82) is 5.26 Å². The van der Waals surface area contributed by atoms with Crippen LogP contribution in [0.1, 0.15) is 25.1 Å². The Hall–Kier alpha value is -1.35. The molecular weight excluding hydrogens is 298 g/mol. The summed E-state index contributed by atoms with van der Waals surface area (Å²) < 4.78 is 1.01. The minimum atomic E-state index is -0.695. The van der Waals surface area contributed by atoms with Crippen molar-refractivity contribution >= 4 is 23.1 Å². The van der Waals surface area contributed by atoms with Crippen LogP contribution in [0.5, 0.6) is 0 Å². The molecule has 110 valence electrons. The van der Waals surface area contributed by atoms with Crippen molar-refractivity contribution in [3.05, 3.63) is 47.0 Å². The molecule has 0 fully saturated rings. The molecule has 1 N–H and O–H groups in total. The summed E-state index contributed by atoms with van der Waals surface area (Å²) in [6.07, 6.45) is 0. The van der Waals surface area contributed by atoms with Crippen LogP contribution in [0.4, 0.5) is 0 Å². The molecule has 0 saturated heterocycles. The maximum Gasteiger partial charge on any atom is 0.150 e. The van der Waals surface area contributed by atoms with Gasteiger partial charge in [-0.3, -0.25) is 5.32 Å². The number of hydrogen-bond acceptors (Lipinski definition) is 5. The molecule has 1 aromatic carbocycles. The molecule has 0 amide bonds. The van der Waals surface area contributed by atoms with Crippen molar-refractivity contribution in [1.82, 2.24) is 10.3 Å². The average Bonchev–Trinajstić information content (AvgIpc) is 2.90. The van der Waals surface area contributed by atoms with Crippen molar-refractivity contribution in [3.63, 3.8) is 0 Å². The lowest BCUT2D eigenvalue weighted by Crippen LogP contribution is -2.47. The first-order chi connectivity index (χ1) is 10.1. The third kappa shape index (κ3) is 4.07. The highest BCUT2D eigenvalue weighted by Crippen LogP contribution is 2.31. The Morgan fingerprint density at radius 1 is 1.38 bits per heavy atom. The van der Waals surface area contributed by atoms with Crippen LogP contribution in [-0.2, 0) is 5.54 Å². The SMILES string of the molecule is Cc1csc(SCC(C#N)(NC(C)C)c2ccccc2)n1. The second-order valence-electron chi connectivity index (χ2n) is 5.23. The maximum atomic E-state index is 9.82. The summed E-state index contributed by atoms with van der Waals surface area (Å²) in [5.74, 6) is 0.638. The number of aryl methyl sites for hydroxylation is 1. The molecule has 0 aliphatic rings. The van der Waals surface area contributed by atoms with Gasteiger partial charge in [0.2, 0.25) is 0 Å². The van der Waals surface area contributed by atoms with Crippen LogP contribution in [0.25, 0.3) is 0 Å². The third-order valence-corrected chi connectivity index (χ3v) is 5.31. The van der Waals surface area contributed by atoms with Crippen LogP contribution < -0.4 is 5.32 Å². The van der Waals surface area contributed by atoms with Crippen LogP contribution in [0.2, 0.25) is 0 Å². The van der Waals surface area contributed by atoms with Gasteiger partial charge < -0.3 is 0 Å². The number of rotatable bonds is 6. The van der Waals surface area contributed by atoms with Crippen molar-refractivity contribution in [2.24, 2.45) is 0 Å². The highest BCUT2D eigenvalue weighted by molar-refractivity contribution is 8.01. The fourth-order valence-electron chi connectivity index (χ4n) is 2.12. The Morgan fingerprint density at radius 3 is 2.62 bits per heavy atom. The molecule has 1 heterocycles. The Labute approximate surface area is 134 Å². The van der Waals surface area contributed by atoms with Gasteiger partial charge in [-0.05, 0) is 26.3 Å². The van der Waals surface area contributed by atoms with E-state index in [0.29, 0.717) is 5.75 Å². The van der Waals surface area contributed by atoms with E-state index in [0.717, 1.165) is 15.6 Å². The van der Waals surface area contributed by atoms with Crippen molar-refractivity contribution in [2.45, 2.75) is 36.7 Å². The highest BCUT2D eigenvalue weighted by atomic mass is 32.2. The number of thioether (sulfide) groups is 1. The van der Waals surface area contributed by atoms with Gasteiger partial charge in [-0.15, -0.1) is 11.3 Å². The lowest BCUT2D eigenvalue weighted by Gasteiger charge is -2.30. The number of thiazole rings is 1. The number of benzene rings is 1. The van der Waals surface area contributed by atoms with Crippen LogP contribution in [-0.4, -0.2) is 16.8 Å². The van der Waals surface area contributed by atoms with Gasteiger partial charge in [-0.2, -0.15) is 5.26 Å². The summed E-state index contributed by atoms with van der Waals surface area (Å²) in [6, 6.07) is 12.6. The average molecular weight is 317 g/mol. The zero-order chi connectivity index (χ0) is 15.3. The molecule has 2 rings (SSSR count). The van der Waals surface area contributed by atoms with Crippen LogP contribution in [0.15, 0.2) is 40.1 Å². The van der Waals surface area contributed by atoms with E-state index in [9.17, 15) is 5.26 Å². The molecule has 5 heteroatoms. The maximum absolute atomic E-state index is 9.82. The largest absolute Gasteiger partial charge is 0.293 e. The van der Waals surface area contributed by atoms with E-state index in [-0.39, 0.29) is 6.04 Å².